The van der Waals surface area contributed by atoms with Crippen LogP contribution in [-0.4, -0.2) is 113 Å². The van der Waals surface area contributed by atoms with Crippen LogP contribution < -0.4 is 0 Å². The van der Waals surface area contributed by atoms with Crippen molar-refractivity contribution < 1.29 is 42.8 Å². The molecule has 4 aromatic heterocycles. The summed E-state index contributed by atoms with van der Waals surface area (Å²) in [4.78, 5) is 43.0. The SMILES string of the molecule is CCOC(=O)c1c(C)oc2c1c(C(c1ccncc1)N1CCOCC1)c(O)c1cc(CN3CCN(C(c4ccncc4)c4c(O)c5ccccc5c5oc(C)c(C(=O)OCC)c45)CC3)ccc12. The minimum absolute atomic E-state index is 0.0761. The molecule has 2 aliphatic rings. The summed E-state index contributed by atoms with van der Waals surface area (Å²) in [6.45, 7) is 13.0. The molecule has 2 aliphatic heterocycles. The Labute approximate surface area is 387 Å². The van der Waals surface area contributed by atoms with E-state index in [0.29, 0.717) is 136 Å². The Morgan fingerprint density at radius 2 is 1.10 bits per heavy atom. The van der Waals surface area contributed by atoms with E-state index in [9.17, 15) is 19.8 Å². The molecule has 2 N–H and O–H groups in total. The molecular formula is C53H53N5O9. The molecule has 8 aromatic rings. The van der Waals surface area contributed by atoms with Gasteiger partial charge in [0.25, 0.3) is 0 Å². The Balaban J connectivity index is 1.03. The predicted molar refractivity (Wildman–Crippen MR) is 254 cm³/mol. The van der Waals surface area contributed by atoms with E-state index in [1.807, 2.05) is 60.7 Å². The van der Waals surface area contributed by atoms with Gasteiger partial charge in [0.15, 0.2) is 0 Å². The van der Waals surface area contributed by atoms with E-state index >= 15 is 0 Å². The topological polar surface area (TPSA) is 164 Å². The molecule has 2 atom stereocenters. The van der Waals surface area contributed by atoms with Crippen molar-refractivity contribution in [1.29, 1.82) is 0 Å². The molecule has 0 aliphatic carbocycles. The highest BCUT2D eigenvalue weighted by atomic mass is 16.5. The zero-order valence-electron chi connectivity index (χ0n) is 38.1. The van der Waals surface area contributed by atoms with Crippen molar-refractivity contribution in [2.24, 2.45) is 0 Å². The van der Waals surface area contributed by atoms with Crippen LogP contribution in [0.5, 0.6) is 11.5 Å². The molecule has 2 unspecified atom stereocenters. The fourth-order valence-electron chi connectivity index (χ4n) is 10.4. The number of piperazine rings is 1. The number of aryl methyl sites for hydroxylation is 2. The number of rotatable bonds is 12. The van der Waals surface area contributed by atoms with Gasteiger partial charge in [-0.15, -0.1) is 0 Å². The molecule has 0 bridgehead atoms. The summed E-state index contributed by atoms with van der Waals surface area (Å²) in [7, 11) is 0. The first-order chi connectivity index (χ1) is 32.7. The number of hydrogen-bond acceptors (Lipinski definition) is 14. The highest BCUT2D eigenvalue weighted by molar-refractivity contribution is 6.18. The number of phenols is 2. The fourth-order valence-corrected chi connectivity index (χ4v) is 10.4. The summed E-state index contributed by atoms with van der Waals surface area (Å²) in [6.07, 6.45) is 6.98. The highest BCUT2D eigenvalue weighted by Gasteiger charge is 2.37. The van der Waals surface area contributed by atoms with Crippen LogP contribution in [0, 0.1) is 13.8 Å². The van der Waals surface area contributed by atoms with Crippen molar-refractivity contribution in [2.75, 3.05) is 65.7 Å². The standard InChI is InChI=1S/C53H53N5O9/c1-5-64-52(61)40-31(3)66-50-37-10-8-7-9-36(37)48(59)44(42(40)50)46(34-13-17-54-18-14-34)57-23-21-56(22-24-57)30-33-11-12-38-39(29-33)49(60)45(43-41(53(62)65-6-2)32(4)67-51(38)43)47(35-15-19-55-20-16-35)58-25-27-63-28-26-58/h7-20,29,46-47,59-60H,5-6,21-28,30H2,1-4H3. The zero-order valence-corrected chi connectivity index (χ0v) is 38.1. The first-order valence-electron chi connectivity index (χ1n) is 23.0. The Morgan fingerprint density at radius 1 is 0.627 bits per heavy atom. The number of morpholine rings is 1. The maximum absolute atomic E-state index is 13.7. The van der Waals surface area contributed by atoms with Crippen molar-refractivity contribution in [3.8, 4) is 11.5 Å². The summed E-state index contributed by atoms with van der Waals surface area (Å²) in [5, 5.41) is 28.8. The molecule has 0 amide bonds. The van der Waals surface area contributed by atoms with Gasteiger partial charge in [-0.2, -0.15) is 0 Å². The monoisotopic (exact) mass is 903 g/mol. The van der Waals surface area contributed by atoms with Gasteiger partial charge >= 0.3 is 11.9 Å². The molecule has 2 saturated heterocycles. The van der Waals surface area contributed by atoms with Crippen molar-refractivity contribution >= 4 is 55.4 Å². The van der Waals surface area contributed by atoms with E-state index in [4.69, 9.17) is 23.0 Å². The number of pyridine rings is 2. The maximum atomic E-state index is 13.7. The Bertz CT molecular complexity index is 3140. The van der Waals surface area contributed by atoms with Crippen LogP contribution in [0.1, 0.15) is 86.0 Å². The number of aromatic hydroxyl groups is 2. The number of esters is 2. The number of carbonyl (C=O) groups is 2. The average molecular weight is 904 g/mol. The first kappa shape index (κ1) is 44.0. The van der Waals surface area contributed by atoms with Gasteiger partial charge in [-0.25, -0.2) is 9.59 Å². The molecule has 67 heavy (non-hydrogen) atoms. The molecule has 10 rings (SSSR count). The quantitative estimate of drug-likeness (QED) is 0.112. The molecule has 344 valence electrons. The van der Waals surface area contributed by atoms with Crippen LogP contribution in [0.4, 0.5) is 0 Å². The van der Waals surface area contributed by atoms with Crippen LogP contribution in [0.25, 0.3) is 43.5 Å². The Morgan fingerprint density at radius 3 is 1.63 bits per heavy atom. The van der Waals surface area contributed by atoms with Crippen LogP contribution in [-0.2, 0) is 20.8 Å². The molecule has 14 nitrogen and oxygen atoms in total. The van der Waals surface area contributed by atoms with Crippen LogP contribution in [0.3, 0.4) is 0 Å². The van der Waals surface area contributed by atoms with Crippen molar-refractivity contribution in [1.82, 2.24) is 24.7 Å². The van der Waals surface area contributed by atoms with E-state index in [2.05, 4.69) is 30.7 Å². The van der Waals surface area contributed by atoms with Gasteiger partial charge in [-0.3, -0.25) is 24.7 Å². The lowest BCUT2D eigenvalue weighted by Gasteiger charge is -2.40. The largest absolute Gasteiger partial charge is 0.507 e. The molecule has 0 spiro atoms. The number of nitrogens with zero attached hydrogens (tertiary/aromatic N) is 5. The van der Waals surface area contributed by atoms with Gasteiger partial charge in [0, 0.05) is 114 Å². The number of furan rings is 2. The maximum Gasteiger partial charge on any atom is 0.342 e. The number of fused-ring (bicyclic) bond motifs is 6. The first-order valence-corrected chi connectivity index (χ1v) is 23.0. The number of aromatic nitrogens is 2. The van der Waals surface area contributed by atoms with Crippen LogP contribution in [0.15, 0.2) is 100 Å². The summed E-state index contributed by atoms with van der Waals surface area (Å²) in [5.74, 6) is 0.000252. The number of carbonyl (C=O) groups excluding carboxylic acids is 2. The summed E-state index contributed by atoms with van der Waals surface area (Å²) in [5.41, 5.74) is 5.65. The third-order valence-corrected chi connectivity index (χ3v) is 13.4. The second-order valence-electron chi connectivity index (χ2n) is 17.2. The molecule has 4 aromatic carbocycles. The van der Waals surface area contributed by atoms with Gasteiger partial charge in [0.2, 0.25) is 0 Å². The van der Waals surface area contributed by atoms with E-state index < -0.39 is 24.0 Å². The van der Waals surface area contributed by atoms with Gasteiger partial charge in [0.1, 0.15) is 45.3 Å². The van der Waals surface area contributed by atoms with E-state index in [-0.39, 0.29) is 24.7 Å². The summed E-state index contributed by atoms with van der Waals surface area (Å²) in [6, 6.07) is 20.5. The second kappa shape index (κ2) is 18.4. The van der Waals surface area contributed by atoms with Gasteiger partial charge in [0.05, 0.1) is 38.5 Å². The average Bonchev–Trinajstić information content (AvgIpc) is 3.89. The zero-order chi connectivity index (χ0) is 46.3. The molecule has 2 fully saturated rings. The van der Waals surface area contributed by atoms with Gasteiger partial charge in [-0.1, -0.05) is 36.4 Å². The third-order valence-electron chi connectivity index (χ3n) is 13.4. The third kappa shape index (κ3) is 7.83. The summed E-state index contributed by atoms with van der Waals surface area (Å²) >= 11 is 0. The second-order valence-corrected chi connectivity index (χ2v) is 17.2. The van der Waals surface area contributed by atoms with Crippen LogP contribution in [0.2, 0.25) is 0 Å². The molecule has 6 heterocycles. The fraction of sp³-hybridized carbons (Fsp3) is 0.321. The highest BCUT2D eigenvalue weighted by Crippen LogP contribution is 2.50. The predicted octanol–water partition coefficient (Wildman–Crippen LogP) is 8.99. The molecular weight excluding hydrogens is 851 g/mol. The number of phenolic OH excluding ortho intramolecular Hbond substituents is 2. The van der Waals surface area contributed by atoms with E-state index in [1.165, 1.54) is 0 Å². The Hall–Kier alpha value is -6.84. The molecule has 0 saturated carbocycles. The van der Waals surface area contributed by atoms with Gasteiger partial charge < -0.3 is 33.3 Å². The normalized spacial score (nSPS) is 16.2. The minimum Gasteiger partial charge on any atom is -0.507 e. The lowest BCUT2D eigenvalue weighted by molar-refractivity contribution is 0.0238. The van der Waals surface area contributed by atoms with Crippen molar-refractivity contribution in [2.45, 2.75) is 46.3 Å². The number of hydrogen-bond donors (Lipinski definition) is 2. The van der Waals surface area contributed by atoms with Crippen LogP contribution >= 0.6 is 0 Å². The van der Waals surface area contributed by atoms with Gasteiger partial charge in [-0.05, 0) is 74.7 Å². The Kier molecular flexibility index (Phi) is 12.1. The minimum atomic E-state index is -0.504. The van der Waals surface area contributed by atoms with E-state index in [1.54, 1.807) is 52.5 Å². The molecule has 0 radical (unpaired) electrons. The lowest BCUT2D eigenvalue weighted by Crippen LogP contribution is -2.47. The smallest absolute Gasteiger partial charge is 0.342 e. The lowest BCUT2D eigenvalue weighted by atomic mass is 9.88. The molecule has 14 heteroatoms. The number of benzene rings is 4. The number of ether oxygens (including phenoxy) is 3. The van der Waals surface area contributed by atoms with E-state index in [0.717, 1.165) is 16.7 Å². The summed E-state index contributed by atoms with van der Waals surface area (Å²) < 4.78 is 29.8. The van der Waals surface area contributed by atoms with Crippen molar-refractivity contribution in [3.63, 3.8) is 0 Å². The van der Waals surface area contributed by atoms with Crippen molar-refractivity contribution in [3.05, 3.63) is 142 Å².